The monoisotopic (exact) mass is 288 g/mol. The summed E-state index contributed by atoms with van der Waals surface area (Å²) in [7, 11) is 0. The fraction of sp³-hybridized carbons (Fsp3) is 0.529. The molecule has 1 fully saturated rings. The predicted octanol–water partition coefficient (Wildman–Crippen LogP) is 2.58. The quantitative estimate of drug-likeness (QED) is 0.929. The second kappa shape index (κ2) is 6.29. The SMILES string of the molecule is CC(C)(C)C(=O)NCc1ccc(C(=O)N2CCCC2)cc1. The summed E-state index contributed by atoms with van der Waals surface area (Å²) in [4.78, 5) is 25.9. The molecule has 2 amide bonds. The van der Waals surface area contributed by atoms with Crippen molar-refractivity contribution in [1.82, 2.24) is 10.2 Å². The van der Waals surface area contributed by atoms with Gasteiger partial charge in [0.25, 0.3) is 5.91 Å². The number of amides is 2. The highest BCUT2D eigenvalue weighted by Crippen LogP contribution is 2.15. The highest BCUT2D eigenvalue weighted by Gasteiger charge is 2.21. The van der Waals surface area contributed by atoms with E-state index in [0.717, 1.165) is 37.1 Å². The summed E-state index contributed by atoms with van der Waals surface area (Å²) in [5.74, 6) is 0.137. The minimum Gasteiger partial charge on any atom is -0.352 e. The smallest absolute Gasteiger partial charge is 0.253 e. The molecule has 114 valence electrons. The normalized spacial score (nSPS) is 15.1. The van der Waals surface area contributed by atoms with E-state index in [-0.39, 0.29) is 17.2 Å². The van der Waals surface area contributed by atoms with E-state index in [1.807, 2.05) is 49.9 Å². The molecule has 0 atom stereocenters. The Morgan fingerprint density at radius 3 is 2.19 bits per heavy atom. The van der Waals surface area contributed by atoms with Gasteiger partial charge in [-0.2, -0.15) is 0 Å². The van der Waals surface area contributed by atoms with Crippen LogP contribution >= 0.6 is 0 Å². The van der Waals surface area contributed by atoms with Crippen molar-refractivity contribution >= 4 is 11.8 Å². The maximum atomic E-state index is 12.2. The van der Waals surface area contributed by atoms with Crippen molar-refractivity contribution in [3.8, 4) is 0 Å². The molecule has 0 saturated carbocycles. The fourth-order valence-corrected chi connectivity index (χ4v) is 2.32. The van der Waals surface area contributed by atoms with Crippen LogP contribution in [-0.4, -0.2) is 29.8 Å². The molecule has 21 heavy (non-hydrogen) atoms. The van der Waals surface area contributed by atoms with Gasteiger partial charge in [0.15, 0.2) is 0 Å². The molecule has 1 aromatic rings. The number of carbonyl (C=O) groups is 2. The first-order chi connectivity index (χ1) is 9.88. The van der Waals surface area contributed by atoms with Crippen molar-refractivity contribution in [3.63, 3.8) is 0 Å². The first-order valence-electron chi connectivity index (χ1n) is 7.54. The fourth-order valence-electron chi connectivity index (χ4n) is 2.32. The van der Waals surface area contributed by atoms with Crippen LogP contribution < -0.4 is 5.32 Å². The minimum absolute atomic E-state index is 0.0275. The first-order valence-corrected chi connectivity index (χ1v) is 7.54. The van der Waals surface area contributed by atoms with Crippen LogP contribution in [0.1, 0.15) is 49.5 Å². The van der Waals surface area contributed by atoms with Gasteiger partial charge < -0.3 is 10.2 Å². The van der Waals surface area contributed by atoms with Crippen LogP contribution in [-0.2, 0) is 11.3 Å². The molecule has 1 aliphatic rings. The molecule has 0 unspecified atom stereocenters. The summed E-state index contributed by atoms with van der Waals surface area (Å²) in [5, 5.41) is 2.91. The van der Waals surface area contributed by atoms with Gasteiger partial charge in [0.05, 0.1) is 0 Å². The summed E-state index contributed by atoms with van der Waals surface area (Å²) in [6, 6.07) is 7.51. The molecule has 2 rings (SSSR count). The van der Waals surface area contributed by atoms with Crippen LogP contribution in [0.15, 0.2) is 24.3 Å². The zero-order valence-electron chi connectivity index (χ0n) is 13.1. The van der Waals surface area contributed by atoms with Gasteiger partial charge in [-0.05, 0) is 30.5 Å². The van der Waals surface area contributed by atoms with E-state index in [4.69, 9.17) is 0 Å². The molecule has 1 heterocycles. The zero-order valence-corrected chi connectivity index (χ0v) is 13.1. The lowest BCUT2D eigenvalue weighted by Crippen LogP contribution is -2.34. The van der Waals surface area contributed by atoms with E-state index >= 15 is 0 Å². The standard InChI is InChI=1S/C17H24N2O2/c1-17(2,3)16(21)18-12-13-6-8-14(9-7-13)15(20)19-10-4-5-11-19/h6-9H,4-5,10-12H2,1-3H3,(H,18,21). The van der Waals surface area contributed by atoms with Crippen LogP contribution in [0.4, 0.5) is 0 Å². The van der Waals surface area contributed by atoms with E-state index in [0.29, 0.717) is 6.54 Å². The number of benzene rings is 1. The van der Waals surface area contributed by atoms with Crippen molar-refractivity contribution in [2.45, 2.75) is 40.2 Å². The zero-order chi connectivity index (χ0) is 15.5. The molecule has 0 spiro atoms. The highest BCUT2D eigenvalue weighted by atomic mass is 16.2. The van der Waals surface area contributed by atoms with Crippen LogP contribution in [0.5, 0.6) is 0 Å². The average molecular weight is 288 g/mol. The molecule has 0 aliphatic carbocycles. The van der Waals surface area contributed by atoms with Crippen molar-refractivity contribution in [2.24, 2.45) is 5.41 Å². The first kappa shape index (κ1) is 15.5. The summed E-state index contributed by atoms with van der Waals surface area (Å²) in [5.41, 5.74) is 1.35. The third kappa shape index (κ3) is 4.06. The number of carbonyl (C=O) groups excluding carboxylic acids is 2. The van der Waals surface area contributed by atoms with Crippen LogP contribution in [0.2, 0.25) is 0 Å². The average Bonchev–Trinajstić information content (AvgIpc) is 2.97. The second-order valence-electron chi connectivity index (χ2n) is 6.63. The Bertz CT molecular complexity index is 509. The predicted molar refractivity (Wildman–Crippen MR) is 82.9 cm³/mol. The number of rotatable bonds is 3. The number of hydrogen-bond donors (Lipinski definition) is 1. The van der Waals surface area contributed by atoms with Crippen LogP contribution in [0, 0.1) is 5.41 Å². The van der Waals surface area contributed by atoms with Crippen molar-refractivity contribution in [1.29, 1.82) is 0 Å². The van der Waals surface area contributed by atoms with Crippen molar-refractivity contribution < 1.29 is 9.59 Å². The Balaban J connectivity index is 1.93. The Morgan fingerprint density at radius 1 is 1.10 bits per heavy atom. The molecule has 1 N–H and O–H groups in total. The number of hydrogen-bond acceptors (Lipinski definition) is 2. The maximum Gasteiger partial charge on any atom is 0.253 e. The lowest BCUT2D eigenvalue weighted by Gasteiger charge is -2.18. The minimum atomic E-state index is -0.383. The summed E-state index contributed by atoms with van der Waals surface area (Å²) < 4.78 is 0. The topological polar surface area (TPSA) is 49.4 Å². The molecule has 4 nitrogen and oxygen atoms in total. The Labute approximate surface area is 126 Å². The van der Waals surface area contributed by atoms with E-state index in [9.17, 15) is 9.59 Å². The summed E-state index contributed by atoms with van der Waals surface area (Å²) in [6.07, 6.45) is 2.20. The van der Waals surface area contributed by atoms with Crippen molar-refractivity contribution in [3.05, 3.63) is 35.4 Å². The lowest BCUT2D eigenvalue weighted by molar-refractivity contribution is -0.128. The van der Waals surface area contributed by atoms with Gasteiger partial charge in [0, 0.05) is 30.6 Å². The summed E-state index contributed by atoms with van der Waals surface area (Å²) >= 11 is 0. The lowest BCUT2D eigenvalue weighted by atomic mass is 9.95. The number of likely N-dealkylation sites (tertiary alicyclic amines) is 1. The van der Waals surface area contributed by atoms with Gasteiger partial charge in [0.2, 0.25) is 5.91 Å². The van der Waals surface area contributed by atoms with Gasteiger partial charge in [-0.15, -0.1) is 0 Å². The van der Waals surface area contributed by atoms with Crippen LogP contribution in [0.3, 0.4) is 0 Å². The second-order valence-corrected chi connectivity index (χ2v) is 6.63. The number of nitrogens with zero attached hydrogens (tertiary/aromatic N) is 1. The van der Waals surface area contributed by atoms with Gasteiger partial charge in [-0.25, -0.2) is 0 Å². The van der Waals surface area contributed by atoms with Crippen molar-refractivity contribution in [2.75, 3.05) is 13.1 Å². The molecule has 4 heteroatoms. The van der Waals surface area contributed by atoms with Gasteiger partial charge in [-0.1, -0.05) is 32.9 Å². The maximum absolute atomic E-state index is 12.2. The number of nitrogens with one attached hydrogen (secondary N) is 1. The van der Waals surface area contributed by atoms with Crippen LogP contribution in [0.25, 0.3) is 0 Å². The molecular formula is C17H24N2O2. The Hall–Kier alpha value is -1.84. The van der Waals surface area contributed by atoms with Gasteiger partial charge in [0.1, 0.15) is 0 Å². The largest absolute Gasteiger partial charge is 0.352 e. The molecule has 1 saturated heterocycles. The molecular weight excluding hydrogens is 264 g/mol. The van der Waals surface area contributed by atoms with E-state index < -0.39 is 0 Å². The molecule has 1 aliphatic heterocycles. The van der Waals surface area contributed by atoms with Gasteiger partial charge in [-0.3, -0.25) is 9.59 Å². The Kier molecular flexibility index (Phi) is 4.66. The molecule has 1 aromatic carbocycles. The summed E-state index contributed by atoms with van der Waals surface area (Å²) in [6.45, 7) is 7.89. The molecule has 0 bridgehead atoms. The van der Waals surface area contributed by atoms with E-state index in [1.54, 1.807) is 0 Å². The third-order valence-electron chi connectivity index (χ3n) is 3.73. The molecule has 0 radical (unpaired) electrons. The van der Waals surface area contributed by atoms with E-state index in [1.165, 1.54) is 0 Å². The molecule has 0 aromatic heterocycles. The van der Waals surface area contributed by atoms with Gasteiger partial charge >= 0.3 is 0 Å². The highest BCUT2D eigenvalue weighted by molar-refractivity contribution is 5.94. The third-order valence-corrected chi connectivity index (χ3v) is 3.73. The van der Waals surface area contributed by atoms with E-state index in [2.05, 4.69) is 5.32 Å². The Morgan fingerprint density at radius 2 is 1.67 bits per heavy atom.